The first-order valence-electron chi connectivity index (χ1n) is 9.36. The van der Waals surface area contributed by atoms with E-state index in [0.717, 1.165) is 22.2 Å². The Labute approximate surface area is 173 Å². The molecule has 3 heterocycles. The van der Waals surface area contributed by atoms with E-state index in [9.17, 15) is 4.79 Å². The summed E-state index contributed by atoms with van der Waals surface area (Å²) in [4.78, 5) is 23.3. The van der Waals surface area contributed by atoms with E-state index < -0.39 is 0 Å². The number of aromatic nitrogens is 3. The van der Waals surface area contributed by atoms with Crippen LogP contribution in [0.15, 0.2) is 53.6 Å². The third-order valence-electron chi connectivity index (χ3n) is 4.92. The Kier molecular flexibility index (Phi) is 5.10. The van der Waals surface area contributed by atoms with Crippen molar-refractivity contribution in [1.29, 1.82) is 0 Å². The second-order valence-electron chi connectivity index (χ2n) is 6.81. The molecule has 0 radical (unpaired) electrons. The number of ether oxygens (including phenoxy) is 3. The van der Waals surface area contributed by atoms with Gasteiger partial charge in [0.15, 0.2) is 17.2 Å². The summed E-state index contributed by atoms with van der Waals surface area (Å²) < 4.78 is 17.1. The predicted octanol–water partition coefficient (Wildman–Crippen LogP) is 4.41. The molecule has 1 N–H and O–H groups in total. The highest BCUT2D eigenvalue weighted by Crippen LogP contribution is 2.39. The molecule has 0 aliphatic heterocycles. The molecule has 0 unspecified atom stereocenters. The lowest BCUT2D eigenvalue weighted by Crippen LogP contribution is -2.03. The van der Waals surface area contributed by atoms with Gasteiger partial charge in [0.25, 0.3) is 0 Å². The number of nitrogens with zero attached hydrogens (tertiary/aromatic N) is 2. The van der Waals surface area contributed by atoms with Gasteiger partial charge in [0.2, 0.25) is 5.56 Å². The van der Waals surface area contributed by atoms with Gasteiger partial charge in [-0.1, -0.05) is 0 Å². The molecule has 4 aromatic rings. The van der Waals surface area contributed by atoms with Crippen LogP contribution in [0.4, 0.5) is 0 Å². The molecular weight excluding hydrogens is 382 g/mol. The molecular formula is C23H21N3O4. The summed E-state index contributed by atoms with van der Waals surface area (Å²) in [6.07, 6.45) is 3.31. The van der Waals surface area contributed by atoms with E-state index in [1.807, 2.05) is 32.0 Å². The number of methoxy groups -OCH3 is 2. The molecule has 0 spiro atoms. The molecule has 3 aromatic heterocycles. The monoisotopic (exact) mass is 403 g/mol. The SMILES string of the molecule is COc1cc2nccc(Oc3cc(C)c(C)nc3-c3ccc(=O)[nH]c3)c2cc1OC. The maximum absolute atomic E-state index is 11.5. The Bertz CT molecular complexity index is 1280. The second kappa shape index (κ2) is 7.87. The van der Waals surface area contributed by atoms with Crippen molar-refractivity contribution in [2.24, 2.45) is 0 Å². The topological polar surface area (TPSA) is 86.3 Å². The van der Waals surface area contributed by atoms with Gasteiger partial charge in [0, 0.05) is 41.2 Å². The van der Waals surface area contributed by atoms with Gasteiger partial charge in [-0.3, -0.25) is 9.78 Å². The molecule has 0 saturated heterocycles. The summed E-state index contributed by atoms with van der Waals surface area (Å²) in [6, 6.07) is 10.6. The molecule has 0 bridgehead atoms. The molecule has 7 heteroatoms. The number of pyridine rings is 3. The zero-order chi connectivity index (χ0) is 21.3. The standard InChI is InChI=1S/C23H21N3O4/c1-13-9-21(23(26-14(13)2)15-5-6-22(27)25-12-15)30-18-7-8-24-17-11-20(29-4)19(28-3)10-16(17)18/h5-12H,1-4H3,(H,25,27). The Balaban J connectivity index is 1.87. The fourth-order valence-corrected chi connectivity index (χ4v) is 3.18. The number of nitrogens with one attached hydrogen (secondary N) is 1. The van der Waals surface area contributed by atoms with Gasteiger partial charge in [0.05, 0.1) is 19.7 Å². The van der Waals surface area contributed by atoms with Crippen molar-refractivity contribution in [2.75, 3.05) is 14.2 Å². The molecule has 0 aliphatic rings. The highest BCUT2D eigenvalue weighted by molar-refractivity contribution is 5.88. The first kappa shape index (κ1) is 19.4. The Morgan fingerprint density at radius 1 is 0.900 bits per heavy atom. The van der Waals surface area contributed by atoms with Crippen LogP contribution in [0.1, 0.15) is 11.3 Å². The van der Waals surface area contributed by atoms with E-state index in [1.54, 1.807) is 38.7 Å². The van der Waals surface area contributed by atoms with E-state index in [0.29, 0.717) is 34.2 Å². The Morgan fingerprint density at radius 3 is 2.37 bits per heavy atom. The molecule has 0 amide bonds. The van der Waals surface area contributed by atoms with E-state index >= 15 is 0 Å². The lowest BCUT2D eigenvalue weighted by Gasteiger charge is -2.15. The zero-order valence-corrected chi connectivity index (χ0v) is 17.1. The molecule has 0 fully saturated rings. The van der Waals surface area contributed by atoms with Crippen LogP contribution in [-0.4, -0.2) is 29.2 Å². The summed E-state index contributed by atoms with van der Waals surface area (Å²) >= 11 is 0. The van der Waals surface area contributed by atoms with Crippen LogP contribution in [0.25, 0.3) is 22.2 Å². The van der Waals surface area contributed by atoms with Crippen molar-refractivity contribution in [3.63, 3.8) is 0 Å². The summed E-state index contributed by atoms with van der Waals surface area (Å²) in [7, 11) is 3.17. The van der Waals surface area contributed by atoms with Crippen LogP contribution < -0.4 is 19.8 Å². The number of fused-ring (bicyclic) bond motifs is 1. The van der Waals surface area contributed by atoms with Crippen molar-refractivity contribution in [3.05, 3.63) is 70.4 Å². The van der Waals surface area contributed by atoms with E-state index in [1.165, 1.54) is 6.07 Å². The Morgan fingerprint density at radius 2 is 1.67 bits per heavy atom. The van der Waals surface area contributed by atoms with Crippen LogP contribution in [0, 0.1) is 13.8 Å². The van der Waals surface area contributed by atoms with Gasteiger partial charge in [0.1, 0.15) is 11.4 Å². The molecule has 1 aromatic carbocycles. The highest BCUT2D eigenvalue weighted by Gasteiger charge is 2.16. The van der Waals surface area contributed by atoms with Gasteiger partial charge < -0.3 is 19.2 Å². The largest absolute Gasteiger partial charge is 0.493 e. The van der Waals surface area contributed by atoms with Gasteiger partial charge in [-0.05, 0) is 43.7 Å². The molecule has 7 nitrogen and oxygen atoms in total. The molecule has 152 valence electrons. The number of H-pyrrole nitrogens is 1. The lowest BCUT2D eigenvalue weighted by molar-refractivity contribution is 0.355. The zero-order valence-electron chi connectivity index (χ0n) is 17.1. The number of rotatable bonds is 5. The average Bonchev–Trinajstić information content (AvgIpc) is 2.76. The molecule has 30 heavy (non-hydrogen) atoms. The third-order valence-corrected chi connectivity index (χ3v) is 4.92. The lowest BCUT2D eigenvalue weighted by atomic mass is 10.1. The minimum absolute atomic E-state index is 0.175. The smallest absolute Gasteiger partial charge is 0.247 e. The van der Waals surface area contributed by atoms with Gasteiger partial charge in [-0.2, -0.15) is 0 Å². The Hall–Kier alpha value is -3.87. The van der Waals surface area contributed by atoms with Crippen molar-refractivity contribution < 1.29 is 14.2 Å². The quantitative estimate of drug-likeness (QED) is 0.531. The van der Waals surface area contributed by atoms with Crippen LogP contribution in [0.2, 0.25) is 0 Å². The van der Waals surface area contributed by atoms with E-state index in [2.05, 4.69) is 9.97 Å². The van der Waals surface area contributed by atoms with Crippen LogP contribution in [0.3, 0.4) is 0 Å². The average molecular weight is 403 g/mol. The van der Waals surface area contributed by atoms with Gasteiger partial charge in [-0.15, -0.1) is 0 Å². The summed E-state index contributed by atoms with van der Waals surface area (Å²) in [5.41, 5.74) is 3.81. The maximum Gasteiger partial charge on any atom is 0.247 e. The molecule has 0 aliphatic carbocycles. The van der Waals surface area contributed by atoms with Crippen molar-refractivity contribution >= 4 is 10.9 Å². The van der Waals surface area contributed by atoms with Gasteiger partial charge in [-0.25, -0.2) is 4.98 Å². The number of hydrogen-bond acceptors (Lipinski definition) is 6. The van der Waals surface area contributed by atoms with E-state index in [4.69, 9.17) is 19.2 Å². The maximum atomic E-state index is 11.5. The number of benzene rings is 1. The van der Waals surface area contributed by atoms with Crippen molar-refractivity contribution in [2.45, 2.75) is 13.8 Å². The van der Waals surface area contributed by atoms with Crippen LogP contribution in [-0.2, 0) is 0 Å². The first-order chi connectivity index (χ1) is 14.5. The highest BCUT2D eigenvalue weighted by atomic mass is 16.5. The summed E-state index contributed by atoms with van der Waals surface area (Å²) in [5, 5.41) is 0.779. The first-order valence-corrected chi connectivity index (χ1v) is 9.36. The summed E-state index contributed by atoms with van der Waals surface area (Å²) in [6.45, 7) is 3.91. The summed E-state index contributed by atoms with van der Waals surface area (Å²) in [5.74, 6) is 2.36. The minimum Gasteiger partial charge on any atom is -0.493 e. The van der Waals surface area contributed by atoms with Crippen LogP contribution in [0.5, 0.6) is 23.0 Å². The second-order valence-corrected chi connectivity index (χ2v) is 6.81. The molecule has 4 rings (SSSR count). The van der Waals surface area contributed by atoms with Crippen molar-refractivity contribution in [3.8, 4) is 34.3 Å². The van der Waals surface area contributed by atoms with Gasteiger partial charge >= 0.3 is 0 Å². The van der Waals surface area contributed by atoms with Crippen LogP contribution >= 0.6 is 0 Å². The third kappa shape index (κ3) is 3.57. The van der Waals surface area contributed by atoms with Crippen molar-refractivity contribution in [1.82, 2.24) is 15.0 Å². The number of hydrogen-bond donors (Lipinski definition) is 1. The van der Waals surface area contributed by atoms with E-state index in [-0.39, 0.29) is 5.56 Å². The fourth-order valence-electron chi connectivity index (χ4n) is 3.18. The number of aryl methyl sites for hydroxylation is 2. The predicted molar refractivity (Wildman–Crippen MR) is 115 cm³/mol. The fraction of sp³-hybridized carbons (Fsp3) is 0.174. The molecule has 0 saturated carbocycles. The minimum atomic E-state index is -0.175. The molecule has 0 atom stereocenters. The number of aromatic amines is 1. The normalized spacial score (nSPS) is 10.8.